The van der Waals surface area contributed by atoms with Gasteiger partial charge in [-0.2, -0.15) is 5.10 Å². The Labute approximate surface area is 149 Å². The number of hydrogen-bond donors (Lipinski definition) is 2. The summed E-state index contributed by atoms with van der Waals surface area (Å²) in [5.74, 6) is 1.31. The lowest BCUT2D eigenvalue weighted by Crippen LogP contribution is -2.88. The van der Waals surface area contributed by atoms with Gasteiger partial charge in [-0.3, -0.25) is 4.79 Å². The molecule has 0 spiro atoms. The van der Waals surface area contributed by atoms with Crippen LogP contribution in [0.15, 0.2) is 42.6 Å². The quantitative estimate of drug-likeness (QED) is 0.813. The first-order chi connectivity index (χ1) is 12.1. The van der Waals surface area contributed by atoms with Gasteiger partial charge in [0.1, 0.15) is 11.9 Å². The van der Waals surface area contributed by atoms with Crippen LogP contribution in [0.2, 0.25) is 0 Å². The molecular formula is C20H29N4O+. The molecule has 0 bridgehead atoms. The van der Waals surface area contributed by atoms with E-state index in [0.717, 1.165) is 18.7 Å². The van der Waals surface area contributed by atoms with Crippen LogP contribution in [-0.4, -0.2) is 22.2 Å². The fraction of sp³-hybridized carbons (Fsp3) is 0.500. The van der Waals surface area contributed by atoms with Gasteiger partial charge in [0, 0.05) is 17.5 Å². The van der Waals surface area contributed by atoms with Crippen LogP contribution in [0.5, 0.6) is 0 Å². The van der Waals surface area contributed by atoms with Crippen LogP contribution in [0, 0.1) is 5.92 Å². The molecule has 1 amide bonds. The van der Waals surface area contributed by atoms with E-state index in [1.54, 1.807) is 6.20 Å². The summed E-state index contributed by atoms with van der Waals surface area (Å²) in [5, 5.41) is 9.59. The van der Waals surface area contributed by atoms with Crippen molar-refractivity contribution in [2.75, 3.05) is 11.9 Å². The Bertz CT molecular complexity index is 674. The maximum atomic E-state index is 12.5. The normalized spacial score (nSPS) is 16.3. The van der Waals surface area contributed by atoms with E-state index in [9.17, 15) is 4.79 Å². The van der Waals surface area contributed by atoms with Gasteiger partial charge in [0.15, 0.2) is 6.54 Å². The second-order valence-electron chi connectivity index (χ2n) is 7.27. The van der Waals surface area contributed by atoms with Crippen molar-refractivity contribution < 1.29 is 10.1 Å². The van der Waals surface area contributed by atoms with Gasteiger partial charge >= 0.3 is 0 Å². The second kappa shape index (κ2) is 8.30. The molecule has 25 heavy (non-hydrogen) atoms. The minimum absolute atomic E-state index is 0.0290. The molecule has 5 heteroatoms. The Balaban J connectivity index is 1.58. The average Bonchev–Trinajstić information content (AvgIpc) is 3.26. The van der Waals surface area contributed by atoms with Crippen molar-refractivity contribution in [1.29, 1.82) is 0 Å². The third-order valence-corrected chi connectivity index (χ3v) is 5.07. The van der Waals surface area contributed by atoms with Crippen LogP contribution in [-0.2, 0) is 4.79 Å². The highest BCUT2D eigenvalue weighted by atomic mass is 16.2. The van der Waals surface area contributed by atoms with Crippen molar-refractivity contribution in [2.45, 2.75) is 51.6 Å². The molecule has 3 N–H and O–H groups in total. The number of anilines is 1. The first kappa shape index (κ1) is 17.7. The fourth-order valence-corrected chi connectivity index (χ4v) is 3.75. The van der Waals surface area contributed by atoms with Gasteiger partial charge in [-0.05, 0) is 12.8 Å². The third-order valence-electron chi connectivity index (χ3n) is 5.07. The lowest BCUT2D eigenvalue weighted by atomic mass is 9.96. The van der Waals surface area contributed by atoms with E-state index in [0.29, 0.717) is 18.5 Å². The second-order valence-corrected chi connectivity index (χ2v) is 7.27. The molecule has 1 aromatic carbocycles. The molecule has 0 unspecified atom stereocenters. The number of carbonyl (C=O) groups is 1. The van der Waals surface area contributed by atoms with Crippen molar-refractivity contribution in [2.24, 2.45) is 5.92 Å². The zero-order valence-electron chi connectivity index (χ0n) is 15.2. The molecule has 1 saturated carbocycles. The molecule has 0 aliphatic heterocycles. The molecule has 5 nitrogen and oxygen atoms in total. The number of quaternary nitrogens is 1. The van der Waals surface area contributed by atoms with Gasteiger partial charge in [-0.1, -0.05) is 57.0 Å². The number of nitrogens with zero attached hydrogens (tertiary/aromatic N) is 2. The summed E-state index contributed by atoms with van der Waals surface area (Å²) in [6.07, 6.45) is 6.58. The number of rotatable bonds is 7. The first-order valence-corrected chi connectivity index (χ1v) is 9.37. The first-order valence-electron chi connectivity index (χ1n) is 9.37. The van der Waals surface area contributed by atoms with Crippen molar-refractivity contribution in [1.82, 2.24) is 9.78 Å². The monoisotopic (exact) mass is 341 g/mol. The summed E-state index contributed by atoms with van der Waals surface area (Å²) < 4.78 is 1.99. The van der Waals surface area contributed by atoms with E-state index in [-0.39, 0.29) is 11.9 Å². The molecule has 1 aromatic heterocycles. The van der Waals surface area contributed by atoms with E-state index in [1.807, 2.05) is 16.8 Å². The van der Waals surface area contributed by atoms with Crippen LogP contribution in [0.25, 0.3) is 0 Å². The number of carbonyl (C=O) groups excluding carboxylic acids is 1. The number of aromatic nitrogens is 2. The zero-order chi connectivity index (χ0) is 17.6. The summed E-state index contributed by atoms with van der Waals surface area (Å²) >= 11 is 0. The Morgan fingerprint density at radius 2 is 1.96 bits per heavy atom. The minimum atomic E-state index is 0.0290. The van der Waals surface area contributed by atoms with Gasteiger partial charge in [0.25, 0.3) is 5.91 Å². The van der Waals surface area contributed by atoms with Gasteiger partial charge in [0.2, 0.25) is 0 Å². The highest BCUT2D eigenvalue weighted by Crippen LogP contribution is 2.31. The molecule has 0 saturated heterocycles. The van der Waals surface area contributed by atoms with Gasteiger partial charge < -0.3 is 10.6 Å². The van der Waals surface area contributed by atoms with Crippen molar-refractivity contribution in [3.63, 3.8) is 0 Å². The third kappa shape index (κ3) is 4.48. The smallest absolute Gasteiger partial charge is 0.280 e. The lowest BCUT2D eigenvalue weighted by molar-refractivity contribution is -0.692. The summed E-state index contributed by atoms with van der Waals surface area (Å²) in [5.41, 5.74) is 1.27. The fourth-order valence-electron chi connectivity index (χ4n) is 3.75. The van der Waals surface area contributed by atoms with E-state index < -0.39 is 0 Å². The van der Waals surface area contributed by atoms with Crippen LogP contribution in [0.4, 0.5) is 5.82 Å². The number of nitrogens with one attached hydrogen (secondary N) is 1. The number of hydrogen-bond acceptors (Lipinski definition) is 2. The number of amides is 1. The number of benzene rings is 1. The number of nitrogens with two attached hydrogens (primary N) is 1. The van der Waals surface area contributed by atoms with Crippen molar-refractivity contribution >= 4 is 11.7 Å². The maximum absolute atomic E-state index is 12.5. The molecule has 3 rings (SSSR count). The molecule has 134 valence electrons. The van der Waals surface area contributed by atoms with Crippen molar-refractivity contribution in [3.05, 3.63) is 48.2 Å². The van der Waals surface area contributed by atoms with E-state index >= 15 is 0 Å². The topological polar surface area (TPSA) is 63.5 Å². The van der Waals surface area contributed by atoms with Gasteiger partial charge in [0.05, 0.1) is 12.2 Å². The average molecular weight is 341 g/mol. The van der Waals surface area contributed by atoms with Crippen molar-refractivity contribution in [3.8, 4) is 0 Å². The molecule has 1 fully saturated rings. The highest BCUT2D eigenvalue weighted by molar-refractivity contribution is 5.90. The van der Waals surface area contributed by atoms with Crippen LogP contribution in [0.3, 0.4) is 0 Å². The molecule has 1 heterocycles. The largest absolute Gasteiger partial charge is 0.332 e. The predicted molar refractivity (Wildman–Crippen MR) is 99.2 cm³/mol. The SMILES string of the molecule is CC(C)[C@H]([NH2+]CC(=O)Nc1ccnn1C1CCCC1)c1ccccc1. The van der Waals surface area contributed by atoms with E-state index in [2.05, 4.69) is 53.8 Å². The van der Waals surface area contributed by atoms with E-state index in [4.69, 9.17) is 0 Å². The molecule has 1 aliphatic carbocycles. The van der Waals surface area contributed by atoms with E-state index in [1.165, 1.54) is 18.4 Å². The summed E-state index contributed by atoms with van der Waals surface area (Å²) in [6, 6.07) is 13.0. The predicted octanol–water partition coefficient (Wildman–Crippen LogP) is 2.90. The molecule has 0 radical (unpaired) electrons. The molecule has 2 aromatic rings. The Morgan fingerprint density at radius 3 is 2.64 bits per heavy atom. The molecule has 1 atom stereocenters. The van der Waals surface area contributed by atoms with Gasteiger partial charge in [-0.25, -0.2) is 4.68 Å². The Morgan fingerprint density at radius 1 is 1.24 bits per heavy atom. The summed E-state index contributed by atoms with van der Waals surface area (Å²) in [4.78, 5) is 12.5. The highest BCUT2D eigenvalue weighted by Gasteiger charge is 2.22. The van der Waals surface area contributed by atoms with Crippen LogP contribution < -0.4 is 10.6 Å². The minimum Gasteiger partial charge on any atom is -0.332 e. The lowest BCUT2D eigenvalue weighted by Gasteiger charge is -2.20. The van der Waals surface area contributed by atoms with Gasteiger partial charge in [-0.15, -0.1) is 0 Å². The Kier molecular flexibility index (Phi) is 5.87. The standard InChI is InChI=1S/C20H28N4O/c1-15(2)20(16-8-4-3-5-9-16)21-14-19(25)23-18-12-13-22-24(18)17-10-6-7-11-17/h3-5,8-9,12-13,15,17,20-21H,6-7,10-11,14H2,1-2H3,(H,23,25)/p+1/t20-/m0/s1. The zero-order valence-corrected chi connectivity index (χ0v) is 15.2. The van der Waals surface area contributed by atoms with Crippen LogP contribution >= 0.6 is 0 Å². The summed E-state index contributed by atoms with van der Waals surface area (Å²) in [6.45, 7) is 4.80. The van der Waals surface area contributed by atoms with Crippen LogP contribution in [0.1, 0.15) is 57.2 Å². The Hall–Kier alpha value is -2.14. The summed E-state index contributed by atoms with van der Waals surface area (Å²) in [7, 11) is 0. The maximum Gasteiger partial charge on any atom is 0.280 e. The molecular weight excluding hydrogens is 312 g/mol. The molecule has 1 aliphatic rings.